The van der Waals surface area contributed by atoms with Gasteiger partial charge in [-0.05, 0) is 40.9 Å². The van der Waals surface area contributed by atoms with Crippen LogP contribution in [-0.2, 0) is 6.42 Å². The van der Waals surface area contributed by atoms with Gasteiger partial charge in [0, 0.05) is 10.9 Å². The highest BCUT2D eigenvalue weighted by molar-refractivity contribution is 9.10. The number of H-pyrrole nitrogens is 1. The van der Waals surface area contributed by atoms with Gasteiger partial charge in [0.15, 0.2) is 0 Å². The maximum atomic E-state index is 12.0. The van der Waals surface area contributed by atoms with Crippen molar-refractivity contribution in [3.8, 4) is 0 Å². The highest BCUT2D eigenvalue weighted by atomic mass is 79.9. The molecule has 1 amide bonds. The number of aromatic amines is 1. The van der Waals surface area contributed by atoms with Crippen molar-refractivity contribution in [3.63, 3.8) is 0 Å². The number of benzene rings is 1. The third kappa shape index (κ3) is 3.20. The van der Waals surface area contributed by atoms with Crippen molar-refractivity contribution < 1.29 is 4.79 Å². The lowest BCUT2D eigenvalue weighted by Crippen LogP contribution is -2.14. The summed E-state index contributed by atoms with van der Waals surface area (Å²) in [6.07, 6.45) is 1.74. The molecule has 1 aromatic carbocycles. The van der Waals surface area contributed by atoms with Crippen LogP contribution in [0.4, 0.5) is 5.69 Å². The molecule has 2 aromatic rings. The van der Waals surface area contributed by atoms with Crippen molar-refractivity contribution in [1.82, 2.24) is 15.2 Å². The SMILES string of the molecule is CCCc1nc(C(=O)Nc2cccc(C)c2Br)n[nH]1. The Labute approximate surface area is 120 Å². The number of hydrogen-bond donors (Lipinski definition) is 2. The second-order valence-electron chi connectivity index (χ2n) is 4.25. The molecule has 6 heteroatoms. The fourth-order valence-corrected chi connectivity index (χ4v) is 2.03. The maximum Gasteiger partial charge on any atom is 0.295 e. The number of halogens is 1. The Kier molecular flexibility index (Phi) is 4.31. The first kappa shape index (κ1) is 13.7. The fraction of sp³-hybridized carbons (Fsp3) is 0.308. The van der Waals surface area contributed by atoms with Gasteiger partial charge in [0.05, 0.1) is 5.69 Å². The van der Waals surface area contributed by atoms with Gasteiger partial charge >= 0.3 is 0 Å². The molecular weight excluding hydrogens is 308 g/mol. The van der Waals surface area contributed by atoms with E-state index >= 15 is 0 Å². The number of hydrogen-bond acceptors (Lipinski definition) is 3. The van der Waals surface area contributed by atoms with Crippen LogP contribution in [0, 0.1) is 6.92 Å². The van der Waals surface area contributed by atoms with Crippen molar-refractivity contribution in [2.24, 2.45) is 0 Å². The molecule has 100 valence electrons. The standard InChI is InChI=1S/C13H15BrN4O/c1-3-5-10-16-12(18-17-10)13(19)15-9-7-4-6-8(2)11(9)14/h4,6-7H,3,5H2,1-2H3,(H,15,19)(H,16,17,18). The predicted molar refractivity (Wildman–Crippen MR) is 77.2 cm³/mol. The van der Waals surface area contributed by atoms with Gasteiger partial charge in [-0.2, -0.15) is 0 Å². The predicted octanol–water partition coefficient (Wildman–Crippen LogP) is 3.08. The Hall–Kier alpha value is -1.69. The number of aryl methyl sites for hydroxylation is 2. The van der Waals surface area contributed by atoms with E-state index in [4.69, 9.17) is 0 Å². The van der Waals surface area contributed by atoms with E-state index in [1.165, 1.54) is 0 Å². The van der Waals surface area contributed by atoms with E-state index in [-0.39, 0.29) is 11.7 Å². The molecule has 1 aromatic heterocycles. The molecule has 2 rings (SSSR count). The van der Waals surface area contributed by atoms with Crippen LogP contribution in [0.2, 0.25) is 0 Å². The molecular formula is C13H15BrN4O. The van der Waals surface area contributed by atoms with Crippen LogP contribution < -0.4 is 5.32 Å². The van der Waals surface area contributed by atoms with E-state index in [1.807, 2.05) is 32.0 Å². The lowest BCUT2D eigenvalue weighted by molar-refractivity contribution is 0.101. The first-order valence-electron chi connectivity index (χ1n) is 6.09. The van der Waals surface area contributed by atoms with Gasteiger partial charge < -0.3 is 5.32 Å². The molecule has 0 saturated carbocycles. The highest BCUT2D eigenvalue weighted by Crippen LogP contribution is 2.25. The topological polar surface area (TPSA) is 70.7 Å². The monoisotopic (exact) mass is 322 g/mol. The number of amides is 1. The first-order chi connectivity index (χ1) is 9.11. The minimum atomic E-state index is -0.315. The van der Waals surface area contributed by atoms with Crippen LogP contribution in [-0.4, -0.2) is 21.1 Å². The zero-order valence-corrected chi connectivity index (χ0v) is 12.4. The molecule has 0 spiro atoms. The maximum absolute atomic E-state index is 12.0. The second-order valence-corrected chi connectivity index (χ2v) is 5.04. The minimum Gasteiger partial charge on any atom is -0.318 e. The molecule has 1 heterocycles. The summed E-state index contributed by atoms with van der Waals surface area (Å²) in [5.41, 5.74) is 1.77. The van der Waals surface area contributed by atoms with Crippen molar-refractivity contribution in [3.05, 3.63) is 39.9 Å². The van der Waals surface area contributed by atoms with Crippen molar-refractivity contribution >= 4 is 27.5 Å². The Morgan fingerprint density at radius 3 is 3.00 bits per heavy atom. The molecule has 5 nitrogen and oxygen atoms in total. The van der Waals surface area contributed by atoms with E-state index in [2.05, 4.69) is 36.4 Å². The van der Waals surface area contributed by atoms with Crippen LogP contribution in [0.5, 0.6) is 0 Å². The summed E-state index contributed by atoms with van der Waals surface area (Å²) in [7, 11) is 0. The fourth-order valence-electron chi connectivity index (χ4n) is 1.67. The molecule has 0 aliphatic rings. The van der Waals surface area contributed by atoms with Gasteiger partial charge in [0.2, 0.25) is 5.82 Å². The number of aromatic nitrogens is 3. The largest absolute Gasteiger partial charge is 0.318 e. The van der Waals surface area contributed by atoms with Gasteiger partial charge in [-0.1, -0.05) is 19.1 Å². The van der Waals surface area contributed by atoms with Crippen LogP contribution in [0.1, 0.15) is 35.4 Å². The van der Waals surface area contributed by atoms with Crippen LogP contribution in [0.15, 0.2) is 22.7 Å². The number of nitrogens with zero attached hydrogens (tertiary/aromatic N) is 2. The van der Waals surface area contributed by atoms with Gasteiger partial charge in [0.25, 0.3) is 5.91 Å². The summed E-state index contributed by atoms with van der Waals surface area (Å²) in [5, 5.41) is 9.48. The zero-order chi connectivity index (χ0) is 13.8. The van der Waals surface area contributed by atoms with Crippen LogP contribution in [0.25, 0.3) is 0 Å². The summed E-state index contributed by atoms with van der Waals surface area (Å²) in [6, 6.07) is 5.68. The second kappa shape index (κ2) is 5.97. The molecule has 0 radical (unpaired) electrons. The summed E-state index contributed by atoms with van der Waals surface area (Å²) < 4.78 is 0.868. The molecule has 2 N–H and O–H groups in total. The number of carbonyl (C=O) groups is 1. The third-order valence-electron chi connectivity index (χ3n) is 2.66. The highest BCUT2D eigenvalue weighted by Gasteiger charge is 2.14. The lowest BCUT2D eigenvalue weighted by atomic mass is 10.2. The van der Waals surface area contributed by atoms with Crippen molar-refractivity contribution in [2.45, 2.75) is 26.7 Å². The van der Waals surface area contributed by atoms with Crippen LogP contribution in [0.3, 0.4) is 0 Å². The molecule has 0 saturated heterocycles. The lowest BCUT2D eigenvalue weighted by Gasteiger charge is -2.07. The van der Waals surface area contributed by atoms with E-state index in [1.54, 1.807) is 0 Å². The van der Waals surface area contributed by atoms with E-state index in [9.17, 15) is 4.79 Å². The summed E-state index contributed by atoms with van der Waals surface area (Å²) in [4.78, 5) is 16.2. The average Bonchev–Trinajstić information content (AvgIpc) is 2.84. The van der Waals surface area contributed by atoms with Gasteiger partial charge in [-0.25, -0.2) is 4.98 Å². The van der Waals surface area contributed by atoms with E-state index < -0.39 is 0 Å². The number of anilines is 1. The van der Waals surface area contributed by atoms with Crippen LogP contribution >= 0.6 is 15.9 Å². The van der Waals surface area contributed by atoms with E-state index in [0.29, 0.717) is 5.69 Å². The Bertz CT molecular complexity index is 594. The van der Waals surface area contributed by atoms with Crippen molar-refractivity contribution in [2.75, 3.05) is 5.32 Å². The number of carbonyl (C=O) groups excluding carboxylic acids is 1. The Balaban J connectivity index is 2.14. The Morgan fingerprint density at radius 1 is 1.47 bits per heavy atom. The number of nitrogens with one attached hydrogen (secondary N) is 2. The molecule has 0 atom stereocenters. The average molecular weight is 323 g/mol. The molecule has 0 aliphatic heterocycles. The zero-order valence-electron chi connectivity index (χ0n) is 10.8. The first-order valence-corrected chi connectivity index (χ1v) is 6.89. The molecule has 0 fully saturated rings. The minimum absolute atomic E-state index is 0.164. The third-order valence-corrected chi connectivity index (χ3v) is 3.71. The van der Waals surface area contributed by atoms with Gasteiger partial charge in [-0.15, -0.1) is 5.10 Å². The van der Waals surface area contributed by atoms with E-state index in [0.717, 1.165) is 28.7 Å². The summed E-state index contributed by atoms with van der Waals surface area (Å²) in [6.45, 7) is 4.01. The quantitative estimate of drug-likeness (QED) is 0.908. The molecule has 19 heavy (non-hydrogen) atoms. The summed E-state index contributed by atoms with van der Waals surface area (Å²) >= 11 is 3.45. The Morgan fingerprint density at radius 2 is 2.26 bits per heavy atom. The number of rotatable bonds is 4. The van der Waals surface area contributed by atoms with Gasteiger partial charge in [0.1, 0.15) is 5.82 Å². The summed E-state index contributed by atoms with van der Waals surface area (Å²) in [5.74, 6) is 0.581. The van der Waals surface area contributed by atoms with Gasteiger partial charge in [-0.3, -0.25) is 9.89 Å². The molecule has 0 unspecified atom stereocenters. The normalized spacial score (nSPS) is 10.5. The smallest absolute Gasteiger partial charge is 0.295 e. The van der Waals surface area contributed by atoms with Crippen molar-refractivity contribution in [1.29, 1.82) is 0 Å². The molecule has 0 aliphatic carbocycles. The molecule has 0 bridgehead atoms.